The third-order valence-corrected chi connectivity index (χ3v) is 6.58. The maximum atomic E-state index is 14.3. The van der Waals surface area contributed by atoms with Crippen molar-refractivity contribution in [1.29, 1.82) is 0 Å². The van der Waals surface area contributed by atoms with Crippen molar-refractivity contribution in [2.45, 2.75) is 32.4 Å². The molecule has 34 heavy (non-hydrogen) atoms. The van der Waals surface area contributed by atoms with E-state index < -0.39 is 35.6 Å². The van der Waals surface area contributed by atoms with Gasteiger partial charge in [0.25, 0.3) is 5.88 Å². The number of aromatic nitrogens is 3. The van der Waals surface area contributed by atoms with Crippen molar-refractivity contribution in [2.75, 3.05) is 13.1 Å². The van der Waals surface area contributed by atoms with Crippen LogP contribution in [0.2, 0.25) is 0 Å². The van der Waals surface area contributed by atoms with E-state index in [0.717, 1.165) is 27.8 Å². The number of likely N-dealkylation sites (tertiary alicyclic amines) is 1. The van der Waals surface area contributed by atoms with E-state index in [2.05, 4.69) is 20.1 Å². The zero-order valence-electron chi connectivity index (χ0n) is 18.2. The largest absolute Gasteiger partial charge is 0.468 e. The Morgan fingerprint density at radius 3 is 2.53 bits per heavy atom. The number of thiazole rings is 1. The highest BCUT2D eigenvalue weighted by Crippen LogP contribution is 2.32. The zero-order valence-corrected chi connectivity index (χ0v) is 19.0. The van der Waals surface area contributed by atoms with Crippen molar-refractivity contribution in [3.05, 3.63) is 58.1 Å². The van der Waals surface area contributed by atoms with Gasteiger partial charge >= 0.3 is 6.03 Å². The van der Waals surface area contributed by atoms with Crippen molar-refractivity contribution in [3.8, 4) is 16.6 Å². The molecule has 0 radical (unpaired) electrons. The molecular weight excluding hydrogens is 469 g/mol. The van der Waals surface area contributed by atoms with E-state index in [1.807, 2.05) is 13.8 Å². The maximum Gasteiger partial charge on any atom is 0.341 e. The van der Waals surface area contributed by atoms with Crippen LogP contribution in [-0.4, -0.2) is 56.3 Å². The Kier molecular flexibility index (Phi) is 5.68. The van der Waals surface area contributed by atoms with Crippen LogP contribution in [0.25, 0.3) is 10.7 Å². The van der Waals surface area contributed by atoms with Crippen molar-refractivity contribution in [1.82, 2.24) is 24.9 Å². The fraction of sp³-hybridized carbons (Fsp3) is 0.318. The lowest BCUT2D eigenvalue weighted by molar-refractivity contribution is 0.0230. The van der Waals surface area contributed by atoms with Crippen molar-refractivity contribution in [2.24, 2.45) is 5.10 Å². The van der Waals surface area contributed by atoms with Gasteiger partial charge in [0.1, 0.15) is 17.7 Å². The summed E-state index contributed by atoms with van der Waals surface area (Å²) in [5.41, 5.74) is 1.07. The molecule has 2 aliphatic rings. The normalized spacial score (nSPS) is 17.9. The molecule has 2 aliphatic heterocycles. The topological polar surface area (TPSA) is 83.8 Å². The molecule has 1 aromatic carbocycles. The Labute approximate surface area is 196 Å². The van der Waals surface area contributed by atoms with Gasteiger partial charge in [-0.05, 0) is 31.5 Å². The smallest absolute Gasteiger partial charge is 0.341 e. The first-order valence-corrected chi connectivity index (χ1v) is 11.3. The second-order valence-corrected chi connectivity index (χ2v) is 9.22. The number of amides is 2. The minimum Gasteiger partial charge on any atom is -0.468 e. The molecule has 3 aromatic rings. The van der Waals surface area contributed by atoms with Gasteiger partial charge in [-0.25, -0.2) is 28.6 Å². The summed E-state index contributed by atoms with van der Waals surface area (Å²) in [6.07, 6.45) is 2.45. The number of benzene rings is 1. The number of rotatable bonds is 4. The Bertz CT molecular complexity index is 1270. The van der Waals surface area contributed by atoms with Crippen molar-refractivity contribution >= 4 is 23.6 Å². The lowest BCUT2D eigenvalue weighted by Gasteiger charge is -2.40. The highest BCUT2D eigenvalue weighted by molar-refractivity contribution is 7.15. The summed E-state index contributed by atoms with van der Waals surface area (Å²) in [4.78, 5) is 27.7. The van der Waals surface area contributed by atoms with Crippen LogP contribution in [0.5, 0.6) is 5.88 Å². The molecule has 1 fully saturated rings. The molecule has 0 aliphatic carbocycles. The third-order valence-electron chi connectivity index (χ3n) is 5.51. The SMILES string of the molecule is Cc1nc(C)c(-c2ncc(F)c(OC3CN(C(=O)N4N=CC[C@H]4c4cc(F)cc(F)c4)C3)n2)s1. The number of aryl methyl sites for hydroxylation is 2. The lowest BCUT2D eigenvalue weighted by atomic mass is 10.0. The monoisotopic (exact) mass is 488 g/mol. The first-order valence-electron chi connectivity index (χ1n) is 10.5. The summed E-state index contributed by atoms with van der Waals surface area (Å²) < 4.78 is 47.3. The second-order valence-electron chi connectivity index (χ2n) is 8.02. The maximum absolute atomic E-state index is 14.3. The predicted molar refractivity (Wildman–Crippen MR) is 118 cm³/mol. The van der Waals surface area contributed by atoms with E-state index in [9.17, 15) is 18.0 Å². The highest BCUT2D eigenvalue weighted by atomic mass is 32.1. The van der Waals surface area contributed by atoms with Crippen LogP contribution in [0.1, 0.15) is 28.7 Å². The molecule has 12 heteroatoms. The lowest BCUT2D eigenvalue weighted by Crippen LogP contribution is -2.59. The van der Waals surface area contributed by atoms with Crippen LogP contribution in [-0.2, 0) is 0 Å². The van der Waals surface area contributed by atoms with E-state index in [4.69, 9.17) is 4.74 Å². The molecule has 8 nitrogen and oxygen atoms in total. The van der Waals surface area contributed by atoms with Crippen molar-refractivity contribution in [3.63, 3.8) is 0 Å². The molecule has 2 amide bonds. The Morgan fingerprint density at radius 1 is 1.12 bits per heavy atom. The molecule has 5 rings (SSSR count). The quantitative estimate of drug-likeness (QED) is 0.548. The van der Waals surface area contributed by atoms with E-state index in [1.54, 1.807) is 0 Å². The van der Waals surface area contributed by atoms with Crippen LogP contribution >= 0.6 is 11.3 Å². The minimum atomic E-state index is -0.721. The number of carbonyl (C=O) groups is 1. The summed E-state index contributed by atoms with van der Waals surface area (Å²) in [6, 6.07) is 2.12. The molecule has 0 N–H and O–H groups in total. The number of urea groups is 1. The van der Waals surface area contributed by atoms with Gasteiger partial charge in [0.05, 0.1) is 40.9 Å². The standard InChI is InChI=1S/C22H19F3N6O2S/c1-11-19(34-12(2)28-11)20-26-8-17(25)21(29-20)33-16-9-30(10-16)22(32)31-18(3-4-27-31)13-5-14(23)7-15(24)6-13/h4-8,16,18H,3,9-10H2,1-2H3/t18-/m0/s1. The summed E-state index contributed by atoms with van der Waals surface area (Å²) in [5, 5.41) is 6.12. The van der Waals surface area contributed by atoms with Crippen LogP contribution in [0, 0.1) is 31.3 Å². The number of ether oxygens (including phenoxy) is 1. The molecule has 2 aromatic heterocycles. The summed E-state index contributed by atoms with van der Waals surface area (Å²) in [6.45, 7) is 4.06. The second kappa shape index (κ2) is 8.67. The molecule has 0 spiro atoms. The van der Waals surface area contributed by atoms with E-state index >= 15 is 0 Å². The van der Waals surface area contributed by atoms with Crippen LogP contribution in [0.4, 0.5) is 18.0 Å². The van der Waals surface area contributed by atoms with Crippen LogP contribution in [0.3, 0.4) is 0 Å². The highest BCUT2D eigenvalue weighted by Gasteiger charge is 2.39. The number of carbonyl (C=O) groups excluding carboxylic acids is 1. The fourth-order valence-corrected chi connectivity index (χ4v) is 4.76. The van der Waals surface area contributed by atoms with Gasteiger partial charge in [-0.1, -0.05) is 0 Å². The van der Waals surface area contributed by atoms with E-state index in [1.165, 1.54) is 39.6 Å². The molecule has 176 valence electrons. The number of halogens is 3. The summed E-state index contributed by atoms with van der Waals surface area (Å²) >= 11 is 1.41. The number of hydrogen-bond donors (Lipinski definition) is 0. The zero-order chi connectivity index (χ0) is 24.0. The van der Waals surface area contributed by atoms with Gasteiger partial charge in [-0.3, -0.25) is 0 Å². The summed E-state index contributed by atoms with van der Waals surface area (Å²) in [5.74, 6) is -2.02. The molecule has 0 unspecified atom stereocenters. The van der Waals surface area contributed by atoms with Crippen LogP contribution < -0.4 is 4.74 Å². The van der Waals surface area contributed by atoms with Gasteiger partial charge in [0, 0.05) is 18.7 Å². The van der Waals surface area contributed by atoms with Gasteiger partial charge < -0.3 is 9.64 Å². The molecule has 1 atom stereocenters. The average molecular weight is 488 g/mol. The Hall–Kier alpha value is -3.54. The Balaban J connectivity index is 1.24. The van der Waals surface area contributed by atoms with Crippen LogP contribution in [0.15, 0.2) is 29.5 Å². The van der Waals surface area contributed by atoms with E-state index in [-0.39, 0.29) is 19.0 Å². The van der Waals surface area contributed by atoms with Gasteiger partial charge in [0.2, 0.25) is 5.82 Å². The van der Waals surface area contributed by atoms with E-state index in [0.29, 0.717) is 17.8 Å². The first-order chi connectivity index (χ1) is 16.3. The van der Waals surface area contributed by atoms with Crippen molar-refractivity contribution < 1.29 is 22.7 Å². The average Bonchev–Trinajstić information content (AvgIpc) is 3.37. The first kappa shape index (κ1) is 22.3. The molecule has 1 saturated heterocycles. The minimum absolute atomic E-state index is 0.187. The number of nitrogens with zero attached hydrogens (tertiary/aromatic N) is 6. The molecular formula is C22H19F3N6O2S. The molecule has 0 saturated carbocycles. The molecule has 0 bridgehead atoms. The van der Waals surface area contributed by atoms with Gasteiger partial charge in [-0.15, -0.1) is 11.3 Å². The number of hydrogen-bond acceptors (Lipinski definition) is 7. The molecule has 4 heterocycles. The number of hydrazone groups is 1. The predicted octanol–water partition coefficient (Wildman–Crippen LogP) is 4.25. The van der Waals surface area contributed by atoms with Gasteiger partial charge in [-0.2, -0.15) is 14.5 Å². The Morgan fingerprint density at radius 2 is 1.85 bits per heavy atom. The third kappa shape index (κ3) is 4.20. The van der Waals surface area contributed by atoms with Gasteiger partial charge in [0.15, 0.2) is 5.82 Å². The fourth-order valence-electron chi connectivity index (χ4n) is 3.90. The summed E-state index contributed by atoms with van der Waals surface area (Å²) in [7, 11) is 0.